The summed E-state index contributed by atoms with van der Waals surface area (Å²) in [7, 11) is -3.42. The highest BCUT2D eigenvalue weighted by atomic mass is 32.2. The minimum Gasteiger partial charge on any atom is -0.389 e. The van der Waals surface area contributed by atoms with E-state index in [4.69, 9.17) is 9.57 Å². The minimum absolute atomic E-state index is 0.0349. The lowest BCUT2D eigenvalue weighted by Crippen LogP contribution is -2.52. The summed E-state index contributed by atoms with van der Waals surface area (Å²) < 4.78 is 31.4. The van der Waals surface area contributed by atoms with E-state index in [9.17, 15) is 18.0 Å². The average Bonchev–Trinajstić information content (AvgIpc) is 3.73. The van der Waals surface area contributed by atoms with Crippen LogP contribution in [0.2, 0.25) is 0 Å². The van der Waals surface area contributed by atoms with Crippen LogP contribution < -0.4 is 5.32 Å². The zero-order chi connectivity index (χ0) is 29.0. The molecule has 2 amide bonds. The van der Waals surface area contributed by atoms with Crippen LogP contribution in [-0.2, 0) is 35.5 Å². The molecule has 1 N–H and O–H groups in total. The van der Waals surface area contributed by atoms with Crippen LogP contribution in [0.4, 0.5) is 5.13 Å². The Kier molecular flexibility index (Phi) is 9.37. The van der Waals surface area contributed by atoms with Crippen molar-refractivity contribution in [2.45, 2.75) is 74.8 Å². The smallest absolute Gasteiger partial charge is 0.280 e. The number of carbonyl (C=O) groups excluding carboxylic acids is 2. The summed E-state index contributed by atoms with van der Waals surface area (Å²) in [5.41, 5.74) is 0.480. The van der Waals surface area contributed by atoms with Crippen molar-refractivity contribution in [3.8, 4) is 0 Å². The van der Waals surface area contributed by atoms with E-state index in [0.29, 0.717) is 56.3 Å². The molecule has 0 unspecified atom stereocenters. The fourth-order valence-corrected chi connectivity index (χ4v) is 8.31. The van der Waals surface area contributed by atoms with E-state index in [2.05, 4.69) is 20.4 Å². The summed E-state index contributed by atoms with van der Waals surface area (Å²) in [5, 5.41) is 7.09. The number of anilines is 1. The monoisotopic (exact) mass is 603 g/mol. The van der Waals surface area contributed by atoms with Crippen molar-refractivity contribution in [1.29, 1.82) is 0 Å². The molecule has 5 rings (SSSR count). The fraction of sp³-hybridized carbons (Fsp3) is 0.571. The van der Waals surface area contributed by atoms with Gasteiger partial charge in [-0.25, -0.2) is 13.4 Å². The number of ether oxygens (including phenoxy) is 1. The van der Waals surface area contributed by atoms with Crippen LogP contribution in [0.1, 0.15) is 56.4 Å². The topological polar surface area (TPSA) is 130 Å². The SMILES string of the molecule is CC(=O)N1CCN(Cc2cnc(NC(=O)/C(=N/O[C@@H]3CCOC3)c3ccc(S(=O)(=O)C4CCCC4)cc3)s2)C[C@@H]1C. The van der Waals surface area contributed by atoms with Crippen molar-refractivity contribution < 1.29 is 27.6 Å². The van der Waals surface area contributed by atoms with Gasteiger partial charge in [-0.05, 0) is 31.9 Å². The van der Waals surface area contributed by atoms with E-state index in [1.807, 2.05) is 11.8 Å². The van der Waals surface area contributed by atoms with Gasteiger partial charge in [0.1, 0.15) is 0 Å². The number of nitrogens with zero attached hydrogens (tertiary/aromatic N) is 4. The third-order valence-electron chi connectivity index (χ3n) is 7.86. The van der Waals surface area contributed by atoms with Crippen LogP contribution in [0.3, 0.4) is 0 Å². The Labute approximate surface area is 244 Å². The summed E-state index contributed by atoms with van der Waals surface area (Å²) in [6, 6.07) is 6.42. The van der Waals surface area contributed by atoms with E-state index in [1.165, 1.54) is 11.3 Å². The molecular formula is C28H37N5O6S2. The van der Waals surface area contributed by atoms with Gasteiger partial charge in [-0.1, -0.05) is 30.1 Å². The first-order valence-electron chi connectivity index (χ1n) is 14.1. The zero-order valence-corrected chi connectivity index (χ0v) is 25.1. The highest BCUT2D eigenvalue weighted by Crippen LogP contribution is 2.30. The number of oxime groups is 1. The molecule has 1 aromatic carbocycles. The molecule has 1 saturated carbocycles. The van der Waals surface area contributed by atoms with E-state index < -0.39 is 15.7 Å². The maximum absolute atomic E-state index is 13.4. The van der Waals surface area contributed by atoms with Gasteiger partial charge in [-0.3, -0.25) is 19.8 Å². The highest BCUT2D eigenvalue weighted by Gasteiger charge is 2.31. The molecule has 2 aromatic rings. The second-order valence-corrected chi connectivity index (χ2v) is 14.2. The van der Waals surface area contributed by atoms with Crippen molar-refractivity contribution in [1.82, 2.24) is 14.8 Å². The summed E-state index contributed by atoms with van der Waals surface area (Å²) in [6.07, 6.45) is 5.38. The standard InChI is InChI=1S/C28H37N5O6S2/c1-19-16-32(12-13-33(19)20(2)34)17-23-15-29-28(40-23)30-27(35)26(31-39-22-11-14-38-18-22)21-7-9-25(10-8-21)41(36,37)24-5-3-4-6-24/h7-10,15,19,22,24H,3-6,11-14,16-18H2,1-2H3,(H,29,30,35)/b31-26+/t19-,22+/m0/s1. The van der Waals surface area contributed by atoms with Crippen molar-refractivity contribution in [3.05, 3.63) is 40.9 Å². The Bertz CT molecular complexity index is 1360. The zero-order valence-electron chi connectivity index (χ0n) is 23.5. The van der Waals surface area contributed by atoms with Crippen LogP contribution in [0.25, 0.3) is 0 Å². The van der Waals surface area contributed by atoms with Crippen LogP contribution in [0.15, 0.2) is 40.5 Å². The highest BCUT2D eigenvalue weighted by molar-refractivity contribution is 7.92. The normalized spacial score (nSPS) is 22.7. The number of nitrogens with one attached hydrogen (secondary N) is 1. The van der Waals surface area contributed by atoms with E-state index in [0.717, 1.165) is 30.8 Å². The number of aromatic nitrogens is 1. The van der Waals surface area contributed by atoms with Crippen molar-refractivity contribution in [3.63, 3.8) is 0 Å². The molecule has 0 bridgehead atoms. The van der Waals surface area contributed by atoms with Crippen LogP contribution in [-0.4, -0.2) is 91.0 Å². The Morgan fingerprint density at radius 2 is 1.93 bits per heavy atom. The summed E-state index contributed by atoms with van der Waals surface area (Å²) in [6.45, 7) is 7.51. The second kappa shape index (κ2) is 13.0. The molecule has 1 aromatic heterocycles. The fourth-order valence-electron chi connectivity index (χ4n) is 5.60. The van der Waals surface area contributed by atoms with Crippen molar-refractivity contribution in [2.75, 3.05) is 38.2 Å². The van der Waals surface area contributed by atoms with Crippen LogP contribution in [0, 0.1) is 0 Å². The quantitative estimate of drug-likeness (QED) is 0.342. The molecule has 11 nitrogen and oxygen atoms in total. The largest absolute Gasteiger partial charge is 0.389 e. The van der Waals surface area contributed by atoms with E-state index >= 15 is 0 Å². The molecule has 2 atom stereocenters. The van der Waals surface area contributed by atoms with Crippen molar-refractivity contribution >= 4 is 43.8 Å². The number of hydrogen-bond acceptors (Lipinski definition) is 10. The van der Waals surface area contributed by atoms with Gasteiger partial charge in [0.25, 0.3) is 5.91 Å². The Morgan fingerprint density at radius 1 is 1.17 bits per heavy atom. The Balaban J connectivity index is 1.27. The Hall–Kier alpha value is -2.87. The number of amides is 2. The maximum Gasteiger partial charge on any atom is 0.280 e. The predicted octanol–water partition coefficient (Wildman–Crippen LogP) is 3.06. The van der Waals surface area contributed by atoms with E-state index in [-0.39, 0.29) is 33.9 Å². The molecule has 0 radical (unpaired) electrons. The predicted molar refractivity (Wildman–Crippen MR) is 156 cm³/mol. The number of thiazole rings is 1. The van der Waals surface area contributed by atoms with Crippen LogP contribution in [0.5, 0.6) is 0 Å². The molecule has 41 heavy (non-hydrogen) atoms. The molecule has 3 aliphatic rings. The number of rotatable bonds is 9. The minimum atomic E-state index is -3.42. The van der Waals surface area contributed by atoms with Gasteiger partial charge in [0.2, 0.25) is 5.91 Å². The van der Waals surface area contributed by atoms with Gasteiger partial charge in [0, 0.05) is 62.2 Å². The molecule has 3 fully saturated rings. The molecule has 13 heteroatoms. The number of sulfone groups is 1. The van der Waals surface area contributed by atoms with Gasteiger partial charge in [0.05, 0.1) is 23.4 Å². The first-order chi connectivity index (χ1) is 19.7. The summed E-state index contributed by atoms with van der Waals surface area (Å²) in [5.74, 6) is -0.410. The number of hydrogen-bond donors (Lipinski definition) is 1. The lowest BCUT2D eigenvalue weighted by molar-refractivity contribution is -0.133. The van der Waals surface area contributed by atoms with Gasteiger partial charge in [-0.2, -0.15) is 0 Å². The van der Waals surface area contributed by atoms with Gasteiger partial charge in [-0.15, -0.1) is 11.3 Å². The molecule has 0 spiro atoms. The summed E-state index contributed by atoms with van der Waals surface area (Å²) in [4.78, 5) is 40.6. The lowest BCUT2D eigenvalue weighted by atomic mass is 10.1. The summed E-state index contributed by atoms with van der Waals surface area (Å²) >= 11 is 1.38. The van der Waals surface area contributed by atoms with E-state index in [1.54, 1.807) is 37.4 Å². The molecule has 222 valence electrons. The first-order valence-corrected chi connectivity index (χ1v) is 16.5. The third kappa shape index (κ3) is 7.14. The number of benzene rings is 1. The number of carbonyl (C=O) groups is 2. The molecule has 2 aliphatic heterocycles. The average molecular weight is 604 g/mol. The van der Waals surface area contributed by atoms with Crippen molar-refractivity contribution in [2.24, 2.45) is 5.16 Å². The molecular weight excluding hydrogens is 566 g/mol. The Morgan fingerprint density at radius 3 is 2.59 bits per heavy atom. The number of piperazine rings is 1. The van der Waals surface area contributed by atoms with Gasteiger partial charge >= 0.3 is 0 Å². The first kappa shape index (κ1) is 29.6. The maximum atomic E-state index is 13.4. The second-order valence-electron chi connectivity index (χ2n) is 10.9. The molecule has 3 heterocycles. The van der Waals surface area contributed by atoms with Crippen LogP contribution >= 0.6 is 11.3 Å². The molecule has 2 saturated heterocycles. The van der Waals surface area contributed by atoms with Gasteiger partial charge in [0.15, 0.2) is 26.8 Å². The third-order valence-corrected chi connectivity index (χ3v) is 11.0. The molecule has 1 aliphatic carbocycles. The van der Waals surface area contributed by atoms with Gasteiger partial charge < -0.3 is 14.5 Å². The lowest BCUT2D eigenvalue weighted by Gasteiger charge is -2.39.